The smallest absolute Gasteiger partial charge is 0.0372 e. The molecular weight excluding hydrogens is 190 g/mol. The minimum absolute atomic E-state index is 1.07. The van der Waals surface area contributed by atoms with Crippen molar-refractivity contribution in [2.45, 2.75) is 20.3 Å². The summed E-state index contributed by atoms with van der Waals surface area (Å²) in [4.78, 5) is 0. The number of anilines is 1. The first kappa shape index (κ1) is 11.4. The van der Waals surface area contributed by atoms with Gasteiger partial charge in [0, 0.05) is 12.2 Å². The number of hydrogen-bond acceptors (Lipinski definition) is 2. The Balaban J connectivity index is 2.46. The third-order valence-electron chi connectivity index (χ3n) is 2.45. The molecule has 78 valence electrons. The van der Waals surface area contributed by atoms with Crippen LogP contribution in [-0.2, 0) is 0 Å². The normalized spacial score (nSPS) is 10.2. The number of aryl methyl sites for hydroxylation is 1. The molecule has 0 aliphatic rings. The average molecular weight is 209 g/mol. The van der Waals surface area contributed by atoms with Crippen molar-refractivity contribution in [1.82, 2.24) is 0 Å². The number of benzene rings is 1. The molecule has 0 amide bonds. The first-order valence-electron chi connectivity index (χ1n) is 5.04. The van der Waals surface area contributed by atoms with Gasteiger partial charge in [-0.05, 0) is 49.5 Å². The van der Waals surface area contributed by atoms with Gasteiger partial charge in [-0.25, -0.2) is 0 Å². The standard InChI is InChI=1S/C12H19NS/c1-10-6-4-7-12(11(10)2)13-8-5-9-14-3/h4,6-7,13H,5,8-9H2,1-3H3. The molecule has 1 aromatic rings. The Labute approximate surface area is 91.3 Å². The molecule has 1 aromatic carbocycles. The van der Waals surface area contributed by atoms with E-state index in [-0.39, 0.29) is 0 Å². The van der Waals surface area contributed by atoms with Crippen molar-refractivity contribution in [3.8, 4) is 0 Å². The maximum Gasteiger partial charge on any atom is 0.0372 e. The fourth-order valence-electron chi connectivity index (χ4n) is 1.38. The SMILES string of the molecule is CSCCCNc1cccc(C)c1C. The van der Waals surface area contributed by atoms with Crippen LogP contribution in [0, 0.1) is 13.8 Å². The molecule has 0 fully saturated rings. The van der Waals surface area contributed by atoms with Crippen LogP contribution < -0.4 is 5.32 Å². The zero-order chi connectivity index (χ0) is 10.4. The van der Waals surface area contributed by atoms with Crippen LogP contribution in [0.25, 0.3) is 0 Å². The molecule has 1 N–H and O–H groups in total. The number of hydrogen-bond donors (Lipinski definition) is 1. The molecule has 0 bridgehead atoms. The van der Waals surface area contributed by atoms with Gasteiger partial charge in [-0.1, -0.05) is 12.1 Å². The summed E-state index contributed by atoms with van der Waals surface area (Å²) in [7, 11) is 0. The summed E-state index contributed by atoms with van der Waals surface area (Å²) < 4.78 is 0. The molecule has 2 heteroatoms. The van der Waals surface area contributed by atoms with Gasteiger partial charge in [0.05, 0.1) is 0 Å². The average Bonchev–Trinajstić information content (AvgIpc) is 2.19. The zero-order valence-electron chi connectivity index (χ0n) is 9.26. The van der Waals surface area contributed by atoms with Crippen molar-refractivity contribution >= 4 is 17.4 Å². The molecule has 0 spiro atoms. The largest absolute Gasteiger partial charge is 0.385 e. The van der Waals surface area contributed by atoms with Crippen molar-refractivity contribution in [2.24, 2.45) is 0 Å². The van der Waals surface area contributed by atoms with Crippen LogP contribution in [0.1, 0.15) is 17.5 Å². The van der Waals surface area contributed by atoms with E-state index in [4.69, 9.17) is 0 Å². The molecule has 0 saturated heterocycles. The second-order valence-electron chi connectivity index (χ2n) is 3.52. The van der Waals surface area contributed by atoms with E-state index in [1.807, 2.05) is 11.8 Å². The van der Waals surface area contributed by atoms with Crippen molar-refractivity contribution in [2.75, 3.05) is 23.9 Å². The predicted molar refractivity (Wildman–Crippen MR) is 67.4 cm³/mol. The Morgan fingerprint density at radius 1 is 1.29 bits per heavy atom. The summed E-state index contributed by atoms with van der Waals surface area (Å²) in [5.41, 5.74) is 4.02. The van der Waals surface area contributed by atoms with Crippen LogP contribution >= 0.6 is 11.8 Å². The van der Waals surface area contributed by atoms with Crippen molar-refractivity contribution in [1.29, 1.82) is 0 Å². The van der Waals surface area contributed by atoms with E-state index in [1.165, 1.54) is 29.0 Å². The van der Waals surface area contributed by atoms with Gasteiger partial charge in [0.15, 0.2) is 0 Å². The van der Waals surface area contributed by atoms with E-state index in [0.717, 1.165) is 6.54 Å². The van der Waals surface area contributed by atoms with Gasteiger partial charge in [0.1, 0.15) is 0 Å². The number of rotatable bonds is 5. The fourth-order valence-corrected chi connectivity index (χ4v) is 1.82. The predicted octanol–water partition coefficient (Wildman–Crippen LogP) is 3.47. The highest BCUT2D eigenvalue weighted by Gasteiger charge is 1.98. The second kappa shape index (κ2) is 5.97. The highest BCUT2D eigenvalue weighted by Crippen LogP contribution is 2.17. The van der Waals surface area contributed by atoms with E-state index >= 15 is 0 Å². The van der Waals surface area contributed by atoms with Gasteiger partial charge >= 0.3 is 0 Å². The lowest BCUT2D eigenvalue weighted by Gasteiger charge is -2.10. The van der Waals surface area contributed by atoms with E-state index in [1.54, 1.807) is 0 Å². The van der Waals surface area contributed by atoms with Crippen LogP contribution in [0.5, 0.6) is 0 Å². The van der Waals surface area contributed by atoms with Crippen LogP contribution in [-0.4, -0.2) is 18.6 Å². The third kappa shape index (κ3) is 3.26. The molecule has 0 radical (unpaired) electrons. The highest BCUT2D eigenvalue weighted by molar-refractivity contribution is 7.98. The Hall–Kier alpha value is -0.630. The first-order valence-corrected chi connectivity index (χ1v) is 6.44. The summed E-state index contributed by atoms with van der Waals surface area (Å²) in [6.07, 6.45) is 3.38. The van der Waals surface area contributed by atoms with Crippen LogP contribution in [0.2, 0.25) is 0 Å². The lowest BCUT2D eigenvalue weighted by molar-refractivity contribution is 0.990. The molecule has 1 nitrogen and oxygen atoms in total. The van der Waals surface area contributed by atoms with E-state index < -0.39 is 0 Å². The topological polar surface area (TPSA) is 12.0 Å². The van der Waals surface area contributed by atoms with Crippen molar-refractivity contribution < 1.29 is 0 Å². The van der Waals surface area contributed by atoms with Crippen LogP contribution in [0.15, 0.2) is 18.2 Å². The van der Waals surface area contributed by atoms with Crippen LogP contribution in [0.4, 0.5) is 5.69 Å². The van der Waals surface area contributed by atoms with E-state index in [2.05, 4.69) is 43.6 Å². The zero-order valence-corrected chi connectivity index (χ0v) is 10.1. The minimum atomic E-state index is 1.07. The van der Waals surface area contributed by atoms with E-state index in [9.17, 15) is 0 Å². The lowest BCUT2D eigenvalue weighted by atomic mass is 10.1. The van der Waals surface area contributed by atoms with Crippen molar-refractivity contribution in [3.63, 3.8) is 0 Å². The van der Waals surface area contributed by atoms with Gasteiger partial charge in [-0.15, -0.1) is 0 Å². The maximum absolute atomic E-state index is 3.48. The second-order valence-corrected chi connectivity index (χ2v) is 4.51. The summed E-state index contributed by atoms with van der Waals surface area (Å²) in [6.45, 7) is 5.40. The highest BCUT2D eigenvalue weighted by atomic mass is 32.2. The molecule has 0 saturated carbocycles. The summed E-state index contributed by atoms with van der Waals surface area (Å²) in [5.74, 6) is 1.23. The molecule has 0 heterocycles. The van der Waals surface area contributed by atoms with Gasteiger partial charge < -0.3 is 5.32 Å². The van der Waals surface area contributed by atoms with Gasteiger partial charge in [0.2, 0.25) is 0 Å². The monoisotopic (exact) mass is 209 g/mol. The summed E-state index contributed by atoms with van der Waals surface area (Å²) in [5, 5.41) is 3.48. The lowest BCUT2D eigenvalue weighted by Crippen LogP contribution is -2.04. The fraction of sp³-hybridized carbons (Fsp3) is 0.500. The van der Waals surface area contributed by atoms with Gasteiger partial charge in [-0.3, -0.25) is 0 Å². The Morgan fingerprint density at radius 2 is 2.07 bits per heavy atom. The molecular formula is C12H19NS. The van der Waals surface area contributed by atoms with Crippen molar-refractivity contribution in [3.05, 3.63) is 29.3 Å². The Kier molecular flexibility index (Phi) is 4.88. The molecule has 0 aliphatic heterocycles. The quantitative estimate of drug-likeness (QED) is 0.745. The molecule has 1 rings (SSSR count). The third-order valence-corrected chi connectivity index (χ3v) is 3.14. The first-order chi connectivity index (χ1) is 6.75. The number of thioether (sulfide) groups is 1. The summed E-state index contributed by atoms with van der Waals surface area (Å²) in [6, 6.07) is 6.42. The van der Waals surface area contributed by atoms with Gasteiger partial charge in [0.25, 0.3) is 0 Å². The van der Waals surface area contributed by atoms with Crippen LogP contribution in [0.3, 0.4) is 0 Å². The Morgan fingerprint density at radius 3 is 2.79 bits per heavy atom. The molecule has 0 atom stereocenters. The molecule has 0 aromatic heterocycles. The number of nitrogens with one attached hydrogen (secondary N) is 1. The summed E-state index contributed by atoms with van der Waals surface area (Å²) >= 11 is 1.90. The van der Waals surface area contributed by atoms with Gasteiger partial charge in [-0.2, -0.15) is 11.8 Å². The Bertz CT molecular complexity index is 284. The minimum Gasteiger partial charge on any atom is -0.385 e. The molecule has 14 heavy (non-hydrogen) atoms. The molecule has 0 aliphatic carbocycles. The maximum atomic E-state index is 3.48. The molecule has 0 unspecified atom stereocenters. The van der Waals surface area contributed by atoms with E-state index in [0.29, 0.717) is 0 Å².